The number of rotatable bonds is 5. The fraction of sp³-hybridized carbons (Fsp3) is 0.265. The first-order valence-electron chi connectivity index (χ1n) is 14.2. The molecule has 208 valence electrons. The van der Waals surface area contributed by atoms with Crippen molar-refractivity contribution in [2.24, 2.45) is 0 Å². The minimum Gasteiger partial charge on any atom is -0.336 e. The molecule has 0 aliphatic carbocycles. The summed E-state index contributed by atoms with van der Waals surface area (Å²) in [5.74, 6) is -0.00127. The SMILES string of the molecule is Cc1ccccc1-c1cc(C(=O)N2CCN(Cc3ccncc3)CC2)cc2c1CNC(=O)N2c1c(C)cccc1C. The van der Waals surface area contributed by atoms with Gasteiger partial charge >= 0.3 is 6.03 Å². The molecule has 41 heavy (non-hydrogen) atoms. The van der Waals surface area contributed by atoms with Crippen molar-refractivity contribution >= 4 is 23.3 Å². The molecule has 3 heterocycles. The molecule has 0 radical (unpaired) electrons. The molecule has 1 fully saturated rings. The van der Waals surface area contributed by atoms with Crippen LogP contribution in [-0.4, -0.2) is 52.9 Å². The summed E-state index contributed by atoms with van der Waals surface area (Å²) in [5.41, 5.74) is 9.66. The van der Waals surface area contributed by atoms with Gasteiger partial charge in [-0.2, -0.15) is 0 Å². The van der Waals surface area contributed by atoms with Crippen molar-refractivity contribution in [2.45, 2.75) is 33.9 Å². The van der Waals surface area contributed by atoms with Crippen LogP contribution in [0.1, 0.15) is 38.2 Å². The lowest BCUT2D eigenvalue weighted by Gasteiger charge is -2.36. The minimum absolute atomic E-state index is 0.00127. The highest BCUT2D eigenvalue weighted by atomic mass is 16.2. The lowest BCUT2D eigenvalue weighted by Crippen LogP contribution is -2.48. The largest absolute Gasteiger partial charge is 0.336 e. The van der Waals surface area contributed by atoms with E-state index in [-0.39, 0.29) is 11.9 Å². The molecule has 2 aliphatic rings. The van der Waals surface area contributed by atoms with Gasteiger partial charge in [-0.05, 0) is 78.4 Å². The molecule has 6 rings (SSSR count). The van der Waals surface area contributed by atoms with Crippen LogP contribution < -0.4 is 10.2 Å². The number of aryl methyl sites for hydroxylation is 3. The van der Waals surface area contributed by atoms with Crippen LogP contribution >= 0.6 is 0 Å². The molecule has 0 bridgehead atoms. The van der Waals surface area contributed by atoms with E-state index in [0.29, 0.717) is 25.2 Å². The summed E-state index contributed by atoms with van der Waals surface area (Å²) in [6.45, 7) is 10.3. The maximum atomic E-state index is 14.1. The summed E-state index contributed by atoms with van der Waals surface area (Å²) in [6.07, 6.45) is 3.64. The fourth-order valence-corrected chi connectivity index (χ4v) is 6.05. The molecule has 7 nitrogen and oxygen atoms in total. The second kappa shape index (κ2) is 11.2. The zero-order chi connectivity index (χ0) is 28.5. The van der Waals surface area contributed by atoms with Crippen molar-refractivity contribution in [3.8, 4) is 11.1 Å². The van der Waals surface area contributed by atoms with E-state index in [0.717, 1.165) is 64.4 Å². The van der Waals surface area contributed by atoms with Crippen LogP contribution in [0.15, 0.2) is 79.1 Å². The number of aromatic nitrogens is 1. The Morgan fingerprint density at radius 3 is 2.22 bits per heavy atom. The van der Waals surface area contributed by atoms with E-state index < -0.39 is 0 Å². The molecular weight excluding hydrogens is 510 g/mol. The van der Waals surface area contributed by atoms with Crippen LogP contribution in [0.2, 0.25) is 0 Å². The maximum Gasteiger partial charge on any atom is 0.326 e. The van der Waals surface area contributed by atoms with Gasteiger partial charge in [-0.15, -0.1) is 0 Å². The first-order valence-corrected chi connectivity index (χ1v) is 14.2. The Kier molecular flexibility index (Phi) is 7.28. The van der Waals surface area contributed by atoms with Gasteiger partial charge in [-0.25, -0.2) is 4.79 Å². The summed E-state index contributed by atoms with van der Waals surface area (Å²) in [7, 11) is 0. The Hall–Kier alpha value is -4.49. The van der Waals surface area contributed by atoms with E-state index in [1.54, 1.807) is 4.90 Å². The topological polar surface area (TPSA) is 68.8 Å². The van der Waals surface area contributed by atoms with Gasteiger partial charge in [-0.3, -0.25) is 19.6 Å². The third kappa shape index (κ3) is 5.21. The lowest BCUT2D eigenvalue weighted by molar-refractivity contribution is 0.0628. The lowest BCUT2D eigenvalue weighted by atomic mass is 9.90. The number of carbonyl (C=O) groups is 2. The molecule has 0 spiro atoms. The quantitative estimate of drug-likeness (QED) is 0.334. The highest BCUT2D eigenvalue weighted by Crippen LogP contribution is 2.41. The average Bonchev–Trinajstić information content (AvgIpc) is 2.98. The number of piperazine rings is 1. The Morgan fingerprint density at radius 2 is 1.51 bits per heavy atom. The molecular formula is C34H35N5O2. The Morgan fingerprint density at radius 1 is 0.829 bits per heavy atom. The van der Waals surface area contributed by atoms with Gasteiger partial charge in [0.2, 0.25) is 0 Å². The van der Waals surface area contributed by atoms with Gasteiger partial charge in [-0.1, -0.05) is 42.5 Å². The third-order valence-corrected chi connectivity index (χ3v) is 8.25. The van der Waals surface area contributed by atoms with Gasteiger partial charge in [0.1, 0.15) is 0 Å². The molecule has 1 saturated heterocycles. The number of hydrogen-bond acceptors (Lipinski definition) is 4. The first-order chi connectivity index (χ1) is 19.9. The van der Waals surface area contributed by atoms with Crippen LogP contribution in [0.4, 0.5) is 16.2 Å². The van der Waals surface area contributed by atoms with Crippen molar-refractivity contribution in [3.05, 3.63) is 113 Å². The molecule has 1 N–H and O–H groups in total. The zero-order valence-corrected chi connectivity index (χ0v) is 23.9. The van der Waals surface area contributed by atoms with Crippen molar-refractivity contribution in [1.29, 1.82) is 0 Å². The fourth-order valence-electron chi connectivity index (χ4n) is 6.05. The molecule has 4 aromatic rings. The summed E-state index contributed by atoms with van der Waals surface area (Å²) in [4.78, 5) is 37.7. The summed E-state index contributed by atoms with van der Waals surface area (Å²) >= 11 is 0. The number of urea groups is 1. The number of fused-ring (bicyclic) bond motifs is 1. The molecule has 1 aromatic heterocycles. The van der Waals surface area contributed by atoms with Crippen LogP contribution in [0.25, 0.3) is 11.1 Å². The summed E-state index contributed by atoms with van der Waals surface area (Å²) < 4.78 is 0. The predicted octanol–water partition coefficient (Wildman–Crippen LogP) is 5.99. The molecule has 0 unspecified atom stereocenters. The second-order valence-corrected chi connectivity index (χ2v) is 11.0. The molecule has 0 atom stereocenters. The number of hydrogen-bond donors (Lipinski definition) is 1. The monoisotopic (exact) mass is 545 g/mol. The Balaban J connectivity index is 1.38. The van der Waals surface area contributed by atoms with Gasteiger partial charge in [0, 0.05) is 62.8 Å². The van der Waals surface area contributed by atoms with Crippen LogP contribution in [0.5, 0.6) is 0 Å². The number of pyridine rings is 1. The number of carbonyl (C=O) groups excluding carboxylic acids is 2. The standard InChI is InChI=1S/C34H35N5O2/c1-23-7-4-5-10-28(23)29-19-27(33(40)38-17-15-37(16-18-38)22-26-11-13-35-14-12-26)20-31-30(29)21-36-34(41)39(31)32-24(2)8-6-9-25(32)3/h4-14,19-20H,15-18,21-22H2,1-3H3,(H,36,41). The Bertz CT molecular complexity index is 1590. The van der Waals surface area contributed by atoms with Crippen molar-refractivity contribution in [2.75, 3.05) is 31.1 Å². The van der Waals surface area contributed by atoms with E-state index in [9.17, 15) is 9.59 Å². The molecule has 7 heteroatoms. The van der Waals surface area contributed by atoms with E-state index in [4.69, 9.17) is 0 Å². The van der Waals surface area contributed by atoms with Gasteiger partial charge in [0.25, 0.3) is 5.91 Å². The number of benzene rings is 3. The smallest absolute Gasteiger partial charge is 0.326 e. The Labute approximate surface area is 241 Å². The van der Waals surface area contributed by atoms with Crippen LogP contribution in [0.3, 0.4) is 0 Å². The van der Waals surface area contributed by atoms with Gasteiger partial charge in [0.15, 0.2) is 0 Å². The average molecular weight is 546 g/mol. The van der Waals surface area contributed by atoms with E-state index in [1.807, 2.05) is 85.7 Å². The molecule has 2 aliphatic heterocycles. The number of nitrogens with one attached hydrogen (secondary N) is 1. The van der Waals surface area contributed by atoms with E-state index >= 15 is 0 Å². The highest BCUT2D eigenvalue weighted by molar-refractivity contribution is 6.07. The minimum atomic E-state index is -0.181. The highest BCUT2D eigenvalue weighted by Gasteiger charge is 2.32. The normalized spacial score (nSPS) is 15.4. The molecule has 0 saturated carbocycles. The van der Waals surface area contributed by atoms with Crippen molar-refractivity contribution < 1.29 is 9.59 Å². The number of anilines is 2. The van der Waals surface area contributed by atoms with Crippen LogP contribution in [0, 0.1) is 20.8 Å². The molecule has 3 aromatic carbocycles. The predicted molar refractivity (Wildman–Crippen MR) is 162 cm³/mol. The summed E-state index contributed by atoms with van der Waals surface area (Å²) in [5, 5.41) is 3.09. The summed E-state index contributed by atoms with van der Waals surface area (Å²) in [6, 6.07) is 22.1. The van der Waals surface area contributed by atoms with Crippen LogP contribution in [-0.2, 0) is 13.1 Å². The third-order valence-electron chi connectivity index (χ3n) is 8.25. The number of amides is 3. The van der Waals surface area contributed by atoms with E-state index in [2.05, 4.69) is 34.3 Å². The first kappa shape index (κ1) is 26.7. The molecule has 3 amide bonds. The zero-order valence-electron chi connectivity index (χ0n) is 23.9. The van der Waals surface area contributed by atoms with Gasteiger partial charge < -0.3 is 10.2 Å². The van der Waals surface area contributed by atoms with E-state index in [1.165, 1.54) is 5.56 Å². The van der Waals surface area contributed by atoms with Crippen molar-refractivity contribution in [3.63, 3.8) is 0 Å². The second-order valence-electron chi connectivity index (χ2n) is 11.0. The maximum absolute atomic E-state index is 14.1. The number of para-hydroxylation sites is 1. The van der Waals surface area contributed by atoms with Crippen molar-refractivity contribution in [1.82, 2.24) is 20.1 Å². The van der Waals surface area contributed by atoms with Gasteiger partial charge in [0.05, 0.1) is 11.4 Å². The number of nitrogens with zero attached hydrogens (tertiary/aromatic N) is 4.